The molecule has 34 heavy (non-hydrogen) atoms. The molecule has 0 aliphatic rings. The van der Waals surface area contributed by atoms with Gasteiger partial charge in [0.2, 0.25) is 0 Å². The largest absolute Gasteiger partial charge is 0.497 e. The normalized spacial score (nSPS) is 10.9. The number of hydrogen-bond donors (Lipinski definition) is 0. The molecule has 4 aromatic carbocycles. The first-order chi connectivity index (χ1) is 16.6. The van der Waals surface area contributed by atoms with Crippen molar-refractivity contribution in [3.8, 4) is 45.1 Å². The fourth-order valence-electron chi connectivity index (χ4n) is 4.52. The molecule has 0 saturated heterocycles. The van der Waals surface area contributed by atoms with Gasteiger partial charge >= 0.3 is 0 Å². The number of methoxy groups -OCH3 is 2. The fraction of sp³-hybridized carbons (Fsp3) is 0.129. The number of nitrogens with zero attached hydrogens (tertiary/aromatic N) is 1. The zero-order valence-electron chi connectivity index (χ0n) is 19.9. The van der Waals surface area contributed by atoms with E-state index in [0.29, 0.717) is 0 Å². The smallest absolute Gasteiger partial charge is 0.119 e. The summed E-state index contributed by atoms with van der Waals surface area (Å²) in [5, 5.41) is 2.27. The molecule has 0 spiro atoms. The number of aromatic nitrogens is 1. The maximum atomic E-state index is 5.57. The van der Waals surface area contributed by atoms with Gasteiger partial charge in [-0.05, 0) is 54.6 Å². The van der Waals surface area contributed by atoms with Crippen LogP contribution < -0.4 is 9.47 Å². The third-order valence-electron chi connectivity index (χ3n) is 6.26. The van der Waals surface area contributed by atoms with Gasteiger partial charge in [-0.1, -0.05) is 72.3 Å². The Morgan fingerprint density at radius 2 is 1.26 bits per heavy atom. The number of aryl methyl sites for hydroxylation is 2. The molecule has 0 bridgehead atoms. The third-order valence-corrected chi connectivity index (χ3v) is 6.26. The van der Waals surface area contributed by atoms with Gasteiger partial charge in [-0.15, -0.1) is 0 Å². The highest BCUT2D eigenvalue weighted by Gasteiger charge is 2.20. The molecule has 1 aromatic heterocycles. The molecule has 168 valence electrons. The summed E-state index contributed by atoms with van der Waals surface area (Å²) >= 11 is 0. The molecule has 0 atom stereocenters. The summed E-state index contributed by atoms with van der Waals surface area (Å²) in [5.74, 6) is 1.64. The van der Waals surface area contributed by atoms with Gasteiger partial charge in [0.25, 0.3) is 0 Å². The summed E-state index contributed by atoms with van der Waals surface area (Å²) in [6.07, 6.45) is 0. The maximum absolute atomic E-state index is 5.57. The topological polar surface area (TPSA) is 31.4 Å². The minimum absolute atomic E-state index is 0.814. The summed E-state index contributed by atoms with van der Waals surface area (Å²) in [6, 6.07) is 31.4. The number of benzene rings is 4. The molecular formula is C31H27NO2. The molecule has 3 nitrogen and oxygen atoms in total. The van der Waals surface area contributed by atoms with Crippen LogP contribution in [0.5, 0.6) is 11.5 Å². The Hall–Kier alpha value is -4.11. The van der Waals surface area contributed by atoms with Gasteiger partial charge < -0.3 is 9.47 Å². The lowest BCUT2D eigenvalue weighted by Gasteiger charge is -2.19. The van der Waals surface area contributed by atoms with E-state index in [2.05, 4.69) is 80.6 Å². The first kappa shape index (κ1) is 21.7. The van der Waals surface area contributed by atoms with Gasteiger partial charge in [0.05, 0.1) is 25.6 Å². The molecule has 3 heteroatoms. The van der Waals surface area contributed by atoms with Crippen LogP contribution in [0.25, 0.3) is 44.4 Å². The molecule has 0 N–H and O–H groups in total. The summed E-state index contributed by atoms with van der Waals surface area (Å²) in [6.45, 7) is 4.27. The van der Waals surface area contributed by atoms with E-state index in [-0.39, 0.29) is 0 Å². The van der Waals surface area contributed by atoms with Crippen LogP contribution in [-0.4, -0.2) is 19.2 Å². The predicted molar refractivity (Wildman–Crippen MR) is 141 cm³/mol. The van der Waals surface area contributed by atoms with Crippen molar-refractivity contribution in [2.75, 3.05) is 14.2 Å². The first-order valence-electron chi connectivity index (χ1n) is 11.4. The SMILES string of the molecule is COc1cccc(-c2nc(-c3ccccc3C)c(-c3cccc(OC)c3)c3cc(C)ccc23)c1. The van der Waals surface area contributed by atoms with Crippen molar-refractivity contribution in [3.05, 3.63) is 102 Å². The lowest BCUT2D eigenvalue weighted by molar-refractivity contribution is 0.415. The number of fused-ring (bicyclic) bond motifs is 1. The van der Waals surface area contributed by atoms with Crippen molar-refractivity contribution in [2.24, 2.45) is 0 Å². The lowest BCUT2D eigenvalue weighted by atomic mass is 9.89. The summed E-state index contributed by atoms with van der Waals surface area (Å²) in [5.41, 5.74) is 8.63. The van der Waals surface area contributed by atoms with Crippen molar-refractivity contribution in [3.63, 3.8) is 0 Å². The van der Waals surface area contributed by atoms with E-state index in [9.17, 15) is 0 Å². The highest BCUT2D eigenvalue weighted by Crippen LogP contribution is 2.43. The number of rotatable bonds is 5. The molecule has 0 fully saturated rings. The van der Waals surface area contributed by atoms with Gasteiger partial charge in [0.1, 0.15) is 11.5 Å². The lowest BCUT2D eigenvalue weighted by Crippen LogP contribution is -1.98. The van der Waals surface area contributed by atoms with Gasteiger partial charge in [0.15, 0.2) is 0 Å². The molecule has 0 unspecified atom stereocenters. The highest BCUT2D eigenvalue weighted by atomic mass is 16.5. The minimum Gasteiger partial charge on any atom is -0.497 e. The summed E-state index contributed by atoms with van der Waals surface area (Å²) < 4.78 is 11.1. The molecular weight excluding hydrogens is 418 g/mol. The molecule has 0 saturated carbocycles. The van der Waals surface area contributed by atoms with Gasteiger partial charge in [0, 0.05) is 22.1 Å². The van der Waals surface area contributed by atoms with E-state index < -0.39 is 0 Å². The zero-order chi connectivity index (χ0) is 23.7. The van der Waals surface area contributed by atoms with Crippen molar-refractivity contribution in [2.45, 2.75) is 13.8 Å². The Morgan fingerprint density at radius 1 is 0.588 bits per heavy atom. The van der Waals surface area contributed by atoms with Crippen molar-refractivity contribution < 1.29 is 9.47 Å². The van der Waals surface area contributed by atoms with Gasteiger partial charge in [-0.3, -0.25) is 0 Å². The molecule has 0 aliphatic carbocycles. The maximum Gasteiger partial charge on any atom is 0.119 e. The van der Waals surface area contributed by atoms with Crippen molar-refractivity contribution in [1.29, 1.82) is 0 Å². The predicted octanol–water partition coefficient (Wildman–Crippen LogP) is 7.87. The van der Waals surface area contributed by atoms with Crippen LogP contribution in [0.3, 0.4) is 0 Å². The Labute approximate surface area is 200 Å². The Bertz CT molecular complexity index is 1500. The highest BCUT2D eigenvalue weighted by molar-refractivity contribution is 6.08. The van der Waals surface area contributed by atoms with Crippen LogP contribution in [0.1, 0.15) is 11.1 Å². The van der Waals surface area contributed by atoms with Crippen LogP contribution in [0.4, 0.5) is 0 Å². The van der Waals surface area contributed by atoms with E-state index in [4.69, 9.17) is 14.5 Å². The second-order valence-electron chi connectivity index (χ2n) is 8.51. The Kier molecular flexibility index (Phi) is 5.77. The average Bonchev–Trinajstić information content (AvgIpc) is 2.88. The van der Waals surface area contributed by atoms with E-state index in [0.717, 1.165) is 50.5 Å². The summed E-state index contributed by atoms with van der Waals surface area (Å²) in [7, 11) is 3.40. The van der Waals surface area contributed by atoms with Crippen molar-refractivity contribution in [1.82, 2.24) is 4.98 Å². The molecule has 0 radical (unpaired) electrons. The van der Waals surface area contributed by atoms with Crippen LogP contribution in [-0.2, 0) is 0 Å². The van der Waals surface area contributed by atoms with Crippen LogP contribution in [0, 0.1) is 13.8 Å². The second kappa shape index (κ2) is 9.03. The molecule has 1 heterocycles. The molecule has 5 rings (SSSR count). The van der Waals surface area contributed by atoms with E-state index in [1.165, 1.54) is 16.5 Å². The van der Waals surface area contributed by atoms with E-state index >= 15 is 0 Å². The standard InChI is InChI=1S/C31H27NO2/c1-20-15-16-27-28(17-20)29(22-10-7-12-24(18-22)33-3)31(26-14-6-5-9-21(26)2)32-30(27)23-11-8-13-25(19-23)34-4/h5-19H,1-4H3. The number of ether oxygens (including phenoxy) is 2. The number of pyridine rings is 1. The van der Waals surface area contributed by atoms with E-state index in [1.807, 2.05) is 24.3 Å². The molecule has 5 aromatic rings. The van der Waals surface area contributed by atoms with Gasteiger partial charge in [-0.25, -0.2) is 4.98 Å². The first-order valence-corrected chi connectivity index (χ1v) is 11.4. The monoisotopic (exact) mass is 445 g/mol. The molecule has 0 amide bonds. The average molecular weight is 446 g/mol. The Morgan fingerprint density at radius 3 is 1.97 bits per heavy atom. The fourth-order valence-corrected chi connectivity index (χ4v) is 4.52. The van der Waals surface area contributed by atoms with Crippen LogP contribution in [0.15, 0.2) is 91.0 Å². The molecule has 0 aliphatic heterocycles. The zero-order valence-corrected chi connectivity index (χ0v) is 19.9. The van der Waals surface area contributed by atoms with Crippen LogP contribution in [0.2, 0.25) is 0 Å². The summed E-state index contributed by atoms with van der Waals surface area (Å²) in [4.78, 5) is 5.34. The minimum atomic E-state index is 0.814. The Balaban J connectivity index is 1.94. The quantitative estimate of drug-likeness (QED) is 0.276. The second-order valence-corrected chi connectivity index (χ2v) is 8.51. The van der Waals surface area contributed by atoms with Gasteiger partial charge in [-0.2, -0.15) is 0 Å². The van der Waals surface area contributed by atoms with Crippen molar-refractivity contribution >= 4 is 10.8 Å². The number of hydrogen-bond acceptors (Lipinski definition) is 3. The van der Waals surface area contributed by atoms with Crippen LogP contribution >= 0.6 is 0 Å². The van der Waals surface area contributed by atoms with E-state index in [1.54, 1.807) is 14.2 Å². The third kappa shape index (κ3) is 3.90.